The van der Waals surface area contributed by atoms with Crippen molar-refractivity contribution >= 4 is 17.7 Å². The minimum atomic E-state index is -0.653. The van der Waals surface area contributed by atoms with E-state index < -0.39 is 17.3 Å². The number of carbonyl (C=O) groups is 3. The van der Waals surface area contributed by atoms with Crippen LogP contribution in [0.25, 0.3) is 0 Å². The molecule has 0 bridgehead atoms. The highest BCUT2D eigenvalue weighted by molar-refractivity contribution is 5.95. The maximum Gasteiger partial charge on any atom is 0.253 e. The predicted octanol–water partition coefficient (Wildman–Crippen LogP) is 2.26. The highest BCUT2D eigenvalue weighted by Gasteiger charge is 2.42. The van der Waals surface area contributed by atoms with Crippen LogP contribution in [0, 0.1) is 11.2 Å². The van der Waals surface area contributed by atoms with Gasteiger partial charge in [-0.2, -0.15) is 0 Å². The van der Waals surface area contributed by atoms with Gasteiger partial charge in [0.1, 0.15) is 11.9 Å². The minimum absolute atomic E-state index is 0.126. The van der Waals surface area contributed by atoms with E-state index in [0.717, 1.165) is 12.8 Å². The first-order valence-electron chi connectivity index (χ1n) is 11.0. The lowest BCUT2D eigenvalue weighted by atomic mass is 9.73. The second-order valence-corrected chi connectivity index (χ2v) is 8.72. The lowest BCUT2D eigenvalue weighted by Gasteiger charge is -2.41. The number of carbonyl (C=O) groups excluding carboxylic acids is 3. The molecule has 2 fully saturated rings. The number of hydrogen-bond acceptors (Lipinski definition) is 4. The van der Waals surface area contributed by atoms with Crippen molar-refractivity contribution in [1.29, 1.82) is 0 Å². The Hall–Kier alpha value is -2.48. The smallest absolute Gasteiger partial charge is 0.253 e. The number of likely N-dealkylation sites (tertiary alicyclic amines) is 1. The molecule has 3 rings (SSSR count). The highest BCUT2D eigenvalue weighted by Crippen LogP contribution is 2.37. The van der Waals surface area contributed by atoms with Crippen LogP contribution in [0.2, 0.25) is 0 Å². The van der Waals surface area contributed by atoms with Crippen LogP contribution in [0.5, 0.6) is 0 Å². The maximum atomic E-state index is 13.5. The summed E-state index contributed by atoms with van der Waals surface area (Å²) >= 11 is 0. The molecule has 0 aromatic heterocycles. The van der Waals surface area contributed by atoms with Crippen molar-refractivity contribution in [2.24, 2.45) is 5.41 Å². The molecular weight excluding hydrogens is 401 g/mol. The first kappa shape index (κ1) is 23.2. The minimum Gasteiger partial charge on any atom is -0.379 e. The average Bonchev–Trinajstić information content (AvgIpc) is 2.76. The normalized spacial score (nSPS) is 25.6. The number of piperidine rings is 1. The molecule has 2 heterocycles. The van der Waals surface area contributed by atoms with Crippen LogP contribution >= 0.6 is 0 Å². The fourth-order valence-corrected chi connectivity index (χ4v) is 4.28. The van der Waals surface area contributed by atoms with Gasteiger partial charge in [0.25, 0.3) is 5.91 Å². The largest absolute Gasteiger partial charge is 0.379 e. The molecule has 0 radical (unpaired) electrons. The second kappa shape index (κ2) is 10.2. The van der Waals surface area contributed by atoms with Crippen molar-refractivity contribution in [3.8, 4) is 0 Å². The van der Waals surface area contributed by atoms with Gasteiger partial charge in [-0.25, -0.2) is 4.39 Å². The number of benzene rings is 1. The Balaban J connectivity index is 1.70. The summed E-state index contributed by atoms with van der Waals surface area (Å²) in [5, 5.41) is 5.75. The lowest BCUT2D eigenvalue weighted by molar-refractivity contribution is -0.137. The van der Waals surface area contributed by atoms with Crippen molar-refractivity contribution in [1.82, 2.24) is 15.5 Å². The molecule has 2 saturated heterocycles. The summed E-state index contributed by atoms with van der Waals surface area (Å²) in [4.78, 5) is 40.1. The van der Waals surface area contributed by atoms with Gasteiger partial charge in [0.2, 0.25) is 11.8 Å². The first-order valence-corrected chi connectivity index (χ1v) is 11.0. The third-order valence-corrected chi connectivity index (χ3v) is 6.25. The van der Waals surface area contributed by atoms with Gasteiger partial charge in [-0.1, -0.05) is 12.5 Å². The van der Waals surface area contributed by atoms with E-state index in [9.17, 15) is 18.8 Å². The van der Waals surface area contributed by atoms with Crippen molar-refractivity contribution in [3.05, 3.63) is 35.6 Å². The van der Waals surface area contributed by atoms with Crippen LogP contribution in [-0.2, 0) is 14.3 Å². The van der Waals surface area contributed by atoms with Gasteiger partial charge in [-0.3, -0.25) is 14.4 Å². The number of amides is 3. The Morgan fingerprint density at radius 1 is 1.13 bits per heavy atom. The third-order valence-electron chi connectivity index (χ3n) is 6.25. The van der Waals surface area contributed by atoms with Crippen molar-refractivity contribution in [2.45, 2.75) is 58.0 Å². The van der Waals surface area contributed by atoms with Crippen LogP contribution in [0.15, 0.2) is 24.3 Å². The van der Waals surface area contributed by atoms with Gasteiger partial charge >= 0.3 is 0 Å². The van der Waals surface area contributed by atoms with Crippen LogP contribution in [0.1, 0.15) is 56.3 Å². The van der Waals surface area contributed by atoms with E-state index in [1.165, 1.54) is 18.2 Å². The molecule has 2 N–H and O–H groups in total. The highest BCUT2D eigenvalue weighted by atomic mass is 19.1. The Bertz CT molecular complexity index is 808. The molecule has 2 atom stereocenters. The summed E-state index contributed by atoms with van der Waals surface area (Å²) in [5.74, 6) is -1.05. The number of nitrogens with one attached hydrogen (secondary N) is 2. The van der Waals surface area contributed by atoms with E-state index in [-0.39, 0.29) is 23.8 Å². The first-order chi connectivity index (χ1) is 14.8. The Morgan fingerprint density at radius 3 is 2.58 bits per heavy atom. The van der Waals surface area contributed by atoms with Crippen LogP contribution < -0.4 is 10.6 Å². The summed E-state index contributed by atoms with van der Waals surface area (Å²) in [6, 6.07) is 4.88. The molecule has 8 heteroatoms. The second-order valence-electron chi connectivity index (χ2n) is 8.72. The molecule has 31 heavy (non-hydrogen) atoms. The topological polar surface area (TPSA) is 87.7 Å². The van der Waals surface area contributed by atoms with E-state index in [2.05, 4.69) is 10.6 Å². The summed E-state index contributed by atoms with van der Waals surface area (Å²) < 4.78 is 19.2. The molecule has 0 aliphatic carbocycles. The van der Waals surface area contributed by atoms with Crippen LogP contribution in [0.4, 0.5) is 4.39 Å². The van der Waals surface area contributed by atoms with Gasteiger partial charge in [0, 0.05) is 31.3 Å². The Kier molecular flexibility index (Phi) is 7.64. The summed E-state index contributed by atoms with van der Waals surface area (Å²) in [6.45, 7) is 5.40. The molecule has 3 amide bonds. The van der Waals surface area contributed by atoms with Gasteiger partial charge in [0.15, 0.2) is 0 Å². The molecule has 0 unspecified atom stereocenters. The Labute approximate surface area is 182 Å². The maximum absolute atomic E-state index is 13.5. The summed E-state index contributed by atoms with van der Waals surface area (Å²) in [6.07, 6.45) is 3.34. The zero-order chi connectivity index (χ0) is 22.4. The quantitative estimate of drug-likeness (QED) is 0.711. The number of rotatable bonds is 1. The lowest BCUT2D eigenvalue weighted by Crippen LogP contribution is -2.55. The van der Waals surface area contributed by atoms with E-state index in [4.69, 9.17) is 4.74 Å². The fourth-order valence-electron chi connectivity index (χ4n) is 4.28. The number of ether oxygens (including phenoxy) is 1. The van der Waals surface area contributed by atoms with Gasteiger partial charge < -0.3 is 20.3 Å². The SMILES string of the molecule is C[C@@H]1NC(=O)C2(CCCCOC[C@H](C)NC1=O)CCN(C(=O)c1cccc(F)c1)CC2. The van der Waals surface area contributed by atoms with Crippen molar-refractivity contribution in [3.63, 3.8) is 0 Å². The zero-order valence-electron chi connectivity index (χ0n) is 18.3. The molecule has 2 aliphatic rings. The monoisotopic (exact) mass is 433 g/mol. The summed E-state index contributed by atoms with van der Waals surface area (Å²) in [5.41, 5.74) is -0.320. The number of halogens is 1. The predicted molar refractivity (Wildman–Crippen MR) is 114 cm³/mol. The average molecular weight is 434 g/mol. The van der Waals surface area contributed by atoms with Crippen molar-refractivity contribution < 1.29 is 23.5 Å². The van der Waals surface area contributed by atoms with Gasteiger partial charge in [-0.15, -0.1) is 0 Å². The van der Waals surface area contributed by atoms with Crippen molar-refractivity contribution in [2.75, 3.05) is 26.3 Å². The zero-order valence-corrected chi connectivity index (χ0v) is 18.3. The number of hydrogen-bond donors (Lipinski definition) is 2. The standard InChI is InChI=1S/C23H32FN3O4/c1-16-15-31-13-4-3-8-23(22(30)26-17(2)20(28)25-16)9-11-27(12-10-23)21(29)18-6-5-7-19(24)14-18/h5-7,14,16-17H,3-4,8-13,15H2,1-2H3,(H,25,28)(H,26,30)/t16-,17-/m0/s1. The molecule has 170 valence electrons. The molecule has 1 aromatic carbocycles. The van der Waals surface area contributed by atoms with E-state index in [1.807, 2.05) is 6.92 Å². The van der Waals surface area contributed by atoms with E-state index in [1.54, 1.807) is 17.9 Å². The molecule has 2 aliphatic heterocycles. The summed E-state index contributed by atoms with van der Waals surface area (Å²) in [7, 11) is 0. The number of nitrogens with zero attached hydrogens (tertiary/aromatic N) is 1. The van der Waals surface area contributed by atoms with E-state index >= 15 is 0 Å². The molecule has 1 spiro atoms. The third kappa shape index (κ3) is 5.81. The molecule has 0 saturated carbocycles. The molecule has 7 nitrogen and oxygen atoms in total. The van der Waals surface area contributed by atoms with E-state index in [0.29, 0.717) is 51.1 Å². The Morgan fingerprint density at radius 2 is 1.87 bits per heavy atom. The molecular formula is C23H32FN3O4. The van der Waals surface area contributed by atoms with Crippen LogP contribution in [0.3, 0.4) is 0 Å². The van der Waals surface area contributed by atoms with Gasteiger partial charge in [0.05, 0.1) is 12.0 Å². The van der Waals surface area contributed by atoms with Gasteiger partial charge in [-0.05, 0) is 57.7 Å². The molecule has 1 aromatic rings. The van der Waals surface area contributed by atoms with Crippen LogP contribution in [-0.4, -0.2) is 61.0 Å². The fraction of sp³-hybridized carbons (Fsp3) is 0.609.